The third-order valence-corrected chi connectivity index (χ3v) is 9.88. The number of hydrogen-bond acceptors (Lipinski definition) is 11. The van der Waals surface area contributed by atoms with E-state index < -0.39 is 54.0 Å². The van der Waals surface area contributed by atoms with Crippen LogP contribution in [0.3, 0.4) is 0 Å². The number of esters is 2. The molecular weight excluding hydrogens is 608 g/mol. The summed E-state index contributed by atoms with van der Waals surface area (Å²) < 4.78 is 38.1. The second-order valence-electron chi connectivity index (χ2n) is 13.6. The standard InChI is InChI=1S/C35H48N2O10/c1-20(2)25-10-8-21(3)26-15-29(46-30(40)11-9-24-16-37(6)19-36-24)34(5)12-13-35(42-7,47-34)23(14-27(25)26)17-43-33-32(45-22(4)38)31(41)28(39)18-44-33/h8-9,11-14,16,19-20,25-29,31-33,39,41H,10,15,17-18H2,1-7H3/b11-9+,23-14?/t25-,26+,27-,28-,29+,31-,32+,33-,34?,35-/m1/s1. The number of carbonyl (C=O) groups excluding carboxylic acids is 2. The highest BCUT2D eigenvalue weighted by atomic mass is 16.7. The van der Waals surface area contributed by atoms with Gasteiger partial charge in [0.2, 0.25) is 5.79 Å². The van der Waals surface area contributed by atoms with Gasteiger partial charge in [-0.05, 0) is 68.6 Å². The Morgan fingerprint density at radius 1 is 1.23 bits per heavy atom. The van der Waals surface area contributed by atoms with Crippen molar-refractivity contribution in [3.8, 4) is 0 Å². The molecule has 0 amide bonds. The Labute approximate surface area is 276 Å². The van der Waals surface area contributed by atoms with Crippen LogP contribution in [0.2, 0.25) is 0 Å². The van der Waals surface area contributed by atoms with Gasteiger partial charge >= 0.3 is 11.9 Å². The number of fused-ring (bicyclic) bond motifs is 3. The summed E-state index contributed by atoms with van der Waals surface area (Å²) in [6.45, 7) is 9.36. The van der Waals surface area contributed by atoms with E-state index >= 15 is 0 Å². The van der Waals surface area contributed by atoms with Crippen molar-refractivity contribution in [3.05, 3.63) is 59.7 Å². The molecular formula is C35H48N2O10. The lowest BCUT2D eigenvalue weighted by Gasteiger charge is -2.41. The summed E-state index contributed by atoms with van der Waals surface area (Å²) >= 11 is 0. The van der Waals surface area contributed by atoms with Gasteiger partial charge in [0.25, 0.3) is 0 Å². The maximum absolute atomic E-state index is 13.3. The Balaban J connectivity index is 1.49. The average Bonchev–Trinajstić information content (AvgIpc) is 3.61. The van der Waals surface area contributed by atoms with Crippen LogP contribution in [0, 0.1) is 23.7 Å². The highest BCUT2D eigenvalue weighted by molar-refractivity contribution is 5.86. The van der Waals surface area contributed by atoms with Gasteiger partial charge in [0.05, 0.1) is 25.2 Å². The van der Waals surface area contributed by atoms with Crippen LogP contribution in [0.25, 0.3) is 6.08 Å². The van der Waals surface area contributed by atoms with Crippen molar-refractivity contribution < 1.29 is 48.2 Å². The minimum absolute atomic E-state index is 0.0137. The molecule has 2 N–H and O–H groups in total. The summed E-state index contributed by atoms with van der Waals surface area (Å²) in [5.41, 5.74) is 1.43. The van der Waals surface area contributed by atoms with Crippen molar-refractivity contribution in [3.63, 3.8) is 0 Å². The number of methoxy groups -OCH3 is 1. The van der Waals surface area contributed by atoms with E-state index in [0.717, 1.165) is 6.42 Å². The van der Waals surface area contributed by atoms with Crippen LogP contribution in [-0.2, 0) is 45.1 Å². The number of nitrogens with zero attached hydrogens (tertiary/aromatic N) is 2. The molecule has 1 unspecified atom stereocenters. The van der Waals surface area contributed by atoms with E-state index in [4.69, 9.17) is 28.4 Å². The monoisotopic (exact) mass is 656 g/mol. The lowest BCUT2D eigenvalue weighted by molar-refractivity contribution is -0.277. The number of imidazole rings is 1. The number of aromatic nitrogens is 2. The van der Waals surface area contributed by atoms with Gasteiger partial charge in [-0.2, -0.15) is 0 Å². The molecule has 0 radical (unpaired) electrons. The smallest absolute Gasteiger partial charge is 0.331 e. The second-order valence-corrected chi connectivity index (χ2v) is 13.6. The van der Waals surface area contributed by atoms with E-state index in [0.29, 0.717) is 23.6 Å². The van der Waals surface area contributed by atoms with Crippen molar-refractivity contribution in [2.75, 3.05) is 20.3 Å². The number of ether oxygens (including phenoxy) is 6. The summed E-state index contributed by atoms with van der Waals surface area (Å²) in [5, 5.41) is 20.8. The molecule has 1 aromatic heterocycles. The summed E-state index contributed by atoms with van der Waals surface area (Å²) in [7, 11) is 3.40. The average molecular weight is 657 g/mol. The number of rotatable bonds is 9. The molecule has 12 nitrogen and oxygen atoms in total. The Morgan fingerprint density at radius 3 is 2.66 bits per heavy atom. The van der Waals surface area contributed by atoms with Crippen LogP contribution in [0.15, 0.2) is 54.1 Å². The van der Waals surface area contributed by atoms with Gasteiger partial charge in [0, 0.05) is 38.9 Å². The third kappa shape index (κ3) is 7.48. The number of carbonyl (C=O) groups is 2. The lowest BCUT2D eigenvalue weighted by Crippen LogP contribution is -2.55. The fourth-order valence-corrected chi connectivity index (χ4v) is 7.17. The molecule has 12 heteroatoms. The lowest BCUT2D eigenvalue weighted by atomic mass is 9.65. The fourth-order valence-electron chi connectivity index (χ4n) is 7.17. The Bertz CT molecular complexity index is 1430. The number of aliphatic hydroxyl groups excluding tert-OH is 2. The molecule has 1 fully saturated rings. The first kappa shape index (κ1) is 35.2. The first-order valence-corrected chi connectivity index (χ1v) is 16.2. The molecule has 0 aromatic carbocycles. The van der Waals surface area contributed by atoms with Crippen molar-refractivity contribution in [1.29, 1.82) is 0 Å². The molecule has 1 aromatic rings. The van der Waals surface area contributed by atoms with Crippen LogP contribution in [0.4, 0.5) is 0 Å². The Kier molecular flexibility index (Phi) is 10.6. The summed E-state index contributed by atoms with van der Waals surface area (Å²) in [6, 6.07) is 0. The molecule has 47 heavy (non-hydrogen) atoms. The molecule has 10 atom stereocenters. The van der Waals surface area contributed by atoms with E-state index in [1.165, 1.54) is 18.6 Å². The zero-order valence-corrected chi connectivity index (χ0v) is 28.2. The van der Waals surface area contributed by atoms with Crippen molar-refractivity contribution >= 4 is 18.0 Å². The van der Waals surface area contributed by atoms with E-state index in [2.05, 4.69) is 37.9 Å². The van der Waals surface area contributed by atoms with Gasteiger partial charge in [-0.25, -0.2) is 9.78 Å². The van der Waals surface area contributed by atoms with Crippen molar-refractivity contribution in [2.24, 2.45) is 30.7 Å². The van der Waals surface area contributed by atoms with Crippen LogP contribution < -0.4 is 0 Å². The minimum Gasteiger partial charge on any atom is -0.456 e. The largest absolute Gasteiger partial charge is 0.456 e. The van der Waals surface area contributed by atoms with Crippen LogP contribution in [0.5, 0.6) is 0 Å². The molecule has 0 spiro atoms. The van der Waals surface area contributed by atoms with E-state index in [-0.39, 0.29) is 31.0 Å². The highest BCUT2D eigenvalue weighted by Crippen LogP contribution is 2.49. The van der Waals surface area contributed by atoms with Crippen LogP contribution >= 0.6 is 0 Å². The molecule has 258 valence electrons. The molecule has 1 aliphatic carbocycles. The normalized spacial score (nSPS) is 37.1. The molecule has 1 saturated heterocycles. The quantitative estimate of drug-likeness (QED) is 0.229. The number of aryl methyl sites for hydroxylation is 1. The maximum Gasteiger partial charge on any atom is 0.331 e. The predicted molar refractivity (Wildman–Crippen MR) is 170 cm³/mol. The maximum atomic E-state index is 13.3. The molecule has 4 aliphatic rings. The second kappa shape index (κ2) is 14.2. The molecule has 3 aliphatic heterocycles. The Morgan fingerprint density at radius 2 is 2.00 bits per heavy atom. The summed E-state index contributed by atoms with van der Waals surface area (Å²) in [6.07, 6.45) is 10.3. The highest BCUT2D eigenvalue weighted by Gasteiger charge is 2.54. The molecule has 0 saturated carbocycles. The van der Waals surface area contributed by atoms with Gasteiger partial charge in [-0.3, -0.25) is 4.79 Å². The predicted octanol–water partition coefficient (Wildman–Crippen LogP) is 3.24. The van der Waals surface area contributed by atoms with Crippen molar-refractivity contribution in [2.45, 2.75) is 89.6 Å². The molecule has 2 bridgehead atoms. The topological polar surface area (TPSA) is 148 Å². The van der Waals surface area contributed by atoms with Gasteiger partial charge in [0.1, 0.15) is 23.9 Å². The zero-order chi connectivity index (χ0) is 34.1. The number of allylic oxidation sites excluding steroid dienone is 3. The zero-order valence-electron chi connectivity index (χ0n) is 28.2. The number of hydrogen-bond donors (Lipinski definition) is 2. The first-order chi connectivity index (χ1) is 22.2. The van der Waals surface area contributed by atoms with E-state index in [1.54, 1.807) is 30.3 Å². The van der Waals surface area contributed by atoms with E-state index in [1.807, 2.05) is 26.1 Å². The number of aliphatic hydroxyl groups is 2. The third-order valence-electron chi connectivity index (χ3n) is 9.88. The fraction of sp³-hybridized carbons (Fsp3) is 0.629. The molecule has 5 rings (SSSR count). The van der Waals surface area contributed by atoms with Gasteiger partial charge in [-0.1, -0.05) is 31.6 Å². The Hall–Kier alpha value is -3.13. The summed E-state index contributed by atoms with van der Waals surface area (Å²) in [4.78, 5) is 29.4. The van der Waals surface area contributed by atoms with Crippen molar-refractivity contribution in [1.82, 2.24) is 9.55 Å². The minimum atomic E-state index is -1.39. The van der Waals surface area contributed by atoms with E-state index in [9.17, 15) is 19.8 Å². The van der Waals surface area contributed by atoms with Gasteiger partial charge in [0.15, 0.2) is 12.4 Å². The van der Waals surface area contributed by atoms with Gasteiger partial charge in [-0.15, -0.1) is 0 Å². The van der Waals surface area contributed by atoms with Crippen LogP contribution in [-0.4, -0.2) is 94.1 Å². The first-order valence-electron chi connectivity index (χ1n) is 16.2. The van der Waals surface area contributed by atoms with Gasteiger partial charge < -0.3 is 43.2 Å². The summed E-state index contributed by atoms with van der Waals surface area (Å²) in [5.74, 6) is -1.90. The SMILES string of the molecule is CO[C@]12C=CC(C)(O1)[C@@H](OC(=O)/C=C/c1cn(C)cn1)C[C@H]1C(C)=CC[C@H](C(C)C)[C@H]1C=C2CO[C@@H]1OC[C@@H](O)[C@@H](O)[C@@H]1OC(C)=O. The molecule has 4 heterocycles. The van der Waals surface area contributed by atoms with Crippen LogP contribution in [0.1, 0.15) is 53.2 Å².